The minimum atomic E-state index is 0.902. The van der Waals surface area contributed by atoms with Gasteiger partial charge in [0.1, 0.15) is 4.60 Å². The summed E-state index contributed by atoms with van der Waals surface area (Å²) in [5.74, 6) is 0. The highest BCUT2D eigenvalue weighted by atomic mass is 79.9. The van der Waals surface area contributed by atoms with Gasteiger partial charge >= 0.3 is 0 Å². The molecule has 1 fully saturated rings. The lowest BCUT2D eigenvalue weighted by molar-refractivity contribution is 0.179. The first-order valence-corrected chi connectivity index (χ1v) is 6.22. The molecule has 6 heteroatoms. The molecule has 14 heavy (non-hydrogen) atoms. The van der Waals surface area contributed by atoms with Crippen LogP contribution in [0.2, 0.25) is 0 Å². The minimum absolute atomic E-state index is 0.902. The van der Waals surface area contributed by atoms with Crippen molar-refractivity contribution in [3.63, 3.8) is 0 Å². The van der Waals surface area contributed by atoms with Crippen LogP contribution in [-0.4, -0.2) is 48.1 Å². The van der Waals surface area contributed by atoms with E-state index in [0.717, 1.165) is 35.9 Å². The molecule has 1 aromatic rings. The summed E-state index contributed by atoms with van der Waals surface area (Å²) in [6.45, 7) is 4.32. The van der Waals surface area contributed by atoms with Gasteiger partial charge in [-0.25, -0.2) is 9.99 Å². The molecule has 1 aliphatic heterocycles. The van der Waals surface area contributed by atoms with Crippen molar-refractivity contribution in [2.75, 3.05) is 38.7 Å². The van der Waals surface area contributed by atoms with Crippen molar-refractivity contribution >= 4 is 32.4 Å². The topological polar surface area (TPSA) is 31.4 Å². The second-order valence-corrected chi connectivity index (χ2v) is 5.05. The van der Waals surface area contributed by atoms with Gasteiger partial charge in [0.2, 0.25) is 0 Å². The zero-order valence-corrected chi connectivity index (χ0v) is 10.4. The first-order valence-electron chi connectivity index (χ1n) is 4.55. The molecule has 0 amide bonds. The zero-order valence-electron chi connectivity index (χ0n) is 8.03. The van der Waals surface area contributed by atoms with Crippen molar-refractivity contribution in [1.82, 2.24) is 14.9 Å². The second kappa shape index (κ2) is 4.57. The number of hydrogen-bond donors (Lipinski definition) is 1. The number of anilines is 1. The summed E-state index contributed by atoms with van der Waals surface area (Å²) in [7, 11) is 2.15. The van der Waals surface area contributed by atoms with Crippen LogP contribution in [0.3, 0.4) is 0 Å². The van der Waals surface area contributed by atoms with E-state index in [2.05, 4.69) is 43.3 Å². The molecule has 0 saturated carbocycles. The van der Waals surface area contributed by atoms with E-state index in [1.807, 2.05) is 5.38 Å². The van der Waals surface area contributed by atoms with Crippen LogP contribution in [0, 0.1) is 0 Å². The largest absolute Gasteiger partial charge is 0.304 e. The van der Waals surface area contributed by atoms with Gasteiger partial charge in [-0.2, -0.15) is 0 Å². The van der Waals surface area contributed by atoms with Crippen LogP contribution in [0.5, 0.6) is 0 Å². The Labute approximate surface area is 96.0 Å². The fraction of sp³-hybridized carbons (Fsp3) is 0.625. The van der Waals surface area contributed by atoms with Gasteiger partial charge in [-0.1, -0.05) is 0 Å². The maximum absolute atomic E-state index is 4.29. The van der Waals surface area contributed by atoms with Crippen molar-refractivity contribution in [2.45, 2.75) is 0 Å². The molecule has 0 spiro atoms. The Morgan fingerprint density at radius 3 is 2.71 bits per heavy atom. The van der Waals surface area contributed by atoms with E-state index in [-0.39, 0.29) is 0 Å². The van der Waals surface area contributed by atoms with E-state index < -0.39 is 0 Å². The average molecular weight is 277 g/mol. The molecule has 1 aliphatic rings. The number of thiazole rings is 1. The number of likely N-dealkylation sites (N-methyl/N-ethyl adjacent to an activating group) is 1. The highest BCUT2D eigenvalue weighted by Gasteiger charge is 2.14. The lowest BCUT2D eigenvalue weighted by Gasteiger charge is -2.32. The predicted molar refractivity (Wildman–Crippen MR) is 62.5 cm³/mol. The van der Waals surface area contributed by atoms with Gasteiger partial charge in [0, 0.05) is 31.6 Å². The molecule has 2 rings (SSSR count). The summed E-state index contributed by atoms with van der Waals surface area (Å²) in [4.78, 5) is 6.62. The molecular formula is C8H13BrN4S. The molecule has 4 nitrogen and oxygen atoms in total. The number of hydrogen-bond acceptors (Lipinski definition) is 5. The summed E-state index contributed by atoms with van der Waals surface area (Å²) in [5.41, 5.74) is 3.31. The molecule has 1 N–H and O–H groups in total. The minimum Gasteiger partial charge on any atom is -0.304 e. The summed E-state index contributed by atoms with van der Waals surface area (Å²) < 4.78 is 0.902. The maximum atomic E-state index is 4.29. The van der Waals surface area contributed by atoms with Gasteiger partial charge in [-0.15, -0.1) is 11.3 Å². The lowest BCUT2D eigenvalue weighted by atomic mass is 10.4. The fourth-order valence-electron chi connectivity index (χ4n) is 1.36. The number of halogens is 1. The molecular weight excluding hydrogens is 264 g/mol. The van der Waals surface area contributed by atoms with Crippen LogP contribution < -0.4 is 5.43 Å². The Bertz CT molecular complexity index is 295. The number of aromatic nitrogens is 1. The third kappa shape index (κ3) is 2.66. The van der Waals surface area contributed by atoms with Crippen LogP contribution in [0.15, 0.2) is 9.98 Å². The van der Waals surface area contributed by atoms with Gasteiger partial charge in [-0.3, -0.25) is 5.43 Å². The highest BCUT2D eigenvalue weighted by molar-refractivity contribution is 9.10. The summed E-state index contributed by atoms with van der Waals surface area (Å²) in [5, 5.41) is 5.16. The quantitative estimate of drug-likeness (QED) is 0.887. The monoisotopic (exact) mass is 276 g/mol. The van der Waals surface area contributed by atoms with Crippen molar-refractivity contribution in [3.05, 3.63) is 9.98 Å². The molecule has 0 radical (unpaired) electrons. The first-order chi connectivity index (χ1) is 6.74. The van der Waals surface area contributed by atoms with Crippen molar-refractivity contribution in [2.24, 2.45) is 0 Å². The molecule has 2 heterocycles. The lowest BCUT2D eigenvalue weighted by Crippen LogP contribution is -2.46. The van der Waals surface area contributed by atoms with Crippen molar-refractivity contribution in [1.29, 1.82) is 0 Å². The van der Waals surface area contributed by atoms with Crippen LogP contribution in [0.25, 0.3) is 0 Å². The Hall–Kier alpha value is -0.170. The Morgan fingerprint density at radius 1 is 1.43 bits per heavy atom. The average Bonchev–Trinajstić information content (AvgIpc) is 2.56. The predicted octanol–water partition coefficient (Wildman–Crippen LogP) is 1.48. The van der Waals surface area contributed by atoms with Gasteiger partial charge in [-0.05, 0) is 23.0 Å². The van der Waals surface area contributed by atoms with E-state index in [4.69, 9.17) is 0 Å². The molecule has 78 valence electrons. The second-order valence-electron chi connectivity index (χ2n) is 3.38. The SMILES string of the molecule is CN1CCN(Nc2nc(Br)cs2)CC1. The number of nitrogens with one attached hydrogen (secondary N) is 1. The summed E-state index contributed by atoms with van der Waals surface area (Å²) in [6, 6.07) is 0. The number of nitrogens with zero attached hydrogens (tertiary/aromatic N) is 3. The normalized spacial score (nSPS) is 19.9. The Morgan fingerprint density at radius 2 is 2.14 bits per heavy atom. The van der Waals surface area contributed by atoms with Crippen LogP contribution in [0.4, 0.5) is 5.13 Å². The number of hydrazine groups is 1. The smallest absolute Gasteiger partial charge is 0.198 e. The molecule has 0 aromatic carbocycles. The number of piperazine rings is 1. The Kier molecular flexibility index (Phi) is 3.38. The standard InChI is InChI=1S/C8H13BrN4S/c1-12-2-4-13(5-3-12)11-8-10-7(9)6-14-8/h6H,2-5H2,1H3,(H,10,11). The summed E-state index contributed by atoms with van der Waals surface area (Å²) >= 11 is 4.96. The molecule has 1 saturated heterocycles. The molecule has 0 aliphatic carbocycles. The van der Waals surface area contributed by atoms with E-state index in [1.54, 1.807) is 11.3 Å². The van der Waals surface area contributed by atoms with Crippen LogP contribution in [0.1, 0.15) is 0 Å². The zero-order chi connectivity index (χ0) is 9.97. The van der Waals surface area contributed by atoms with E-state index in [9.17, 15) is 0 Å². The van der Waals surface area contributed by atoms with E-state index in [1.165, 1.54) is 0 Å². The van der Waals surface area contributed by atoms with Crippen LogP contribution in [-0.2, 0) is 0 Å². The van der Waals surface area contributed by atoms with E-state index >= 15 is 0 Å². The molecule has 0 unspecified atom stereocenters. The van der Waals surface area contributed by atoms with Crippen LogP contribution >= 0.6 is 27.3 Å². The Balaban J connectivity index is 1.86. The summed E-state index contributed by atoms with van der Waals surface area (Å²) in [6.07, 6.45) is 0. The van der Waals surface area contributed by atoms with Crippen molar-refractivity contribution in [3.8, 4) is 0 Å². The van der Waals surface area contributed by atoms with E-state index in [0.29, 0.717) is 0 Å². The van der Waals surface area contributed by atoms with Gasteiger partial charge in [0.05, 0.1) is 0 Å². The highest BCUT2D eigenvalue weighted by Crippen LogP contribution is 2.20. The maximum Gasteiger partial charge on any atom is 0.198 e. The van der Waals surface area contributed by atoms with Gasteiger partial charge in [0.15, 0.2) is 5.13 Å². The third-order valence-corrected chi connectivity index (χ3v) is 3.69. The molecule has 1 aromatic heterocycles. The third-order valence-electron chi connectivity index (χ3n) is 2.23. The van der Waals surface area contributed by atoms with Crippen molar-refractivity contribution < 1.29 is 0 Å². The first kappa shape index (κ1) is 10.4. The van der Waals surface area contributed by atoms with Gasteiger partial charge in [0.25, 0.3) is 0 Å². The molecule has 0 bridgehead atoms. The van der Waals surface area contributed by atoms with Gasteiger partial charge < -0.3 is 4.90 Å². The fourth-order valence-corrected chi connectivity index (χ4v) is 2.53. The molecule has 0 atom stereocenters. The number of rotatable bonds is 2.